The zero-order valence-electron chi connectivity index (χ0n) is 19.4. The molecule has 1 saturated heterocycles. The van der Waals surface area contributed by atoms with Crippen molar-refractivity contribution in [3.05, 3.63) is 89.5 Å². The molecule has 1 aliphatic rings. The van der Waals surface area contributed by atoms with Crippen molar-refractivity contribution in [2.45, 2.75) is 44.8 Å². The highest BCUT2D eigenvalue weighted by atomic mass is 19.2. The highest BCUT2D eigenvalue weighted by molar-refractivity contribution is 5.76. The predicted octanol–water partition coefficient (Wildman–Crippen LogP) is 6.25. The van der Waals surface area contributed by atoms with Crippen molar-refractivity contribution < 1.29 is 23.4 Å². The maximum Gasteiger partial charge on any atom is 0.347 e. The molecule has 1 atom stereocenters. The van der Waals surface area contributed by atoms with Crippen molar-refractivity contribution in [2.75, 3.05) is 13.1 Å². The van der Waals surface area contributed by atoms with E-state index in [4.69, 9.17) is 4.74 Å². The Hall–Kier alpha value is -3.25. The van der Waals surface area contributed by atoms with Crippen LogP contribution >= 0.6 is 0 Å². The minimum absolute atomic E-state index is 0.319. The van der Waals surface area contributed by atoms with Gasteiger partial charge in [-0.15, -0.1) is 0 Å². The monoisotopic (exact) mass is 465 g/mol. The zero-order valence-corrected chi connectivity index (χ0v) is 19.4. The van der Waals surface area contributed by atoms with Crippen molar-refractivity contribution in [1.82, 2.24) is 4.90 Å². The molecule has 178 valence electrons. The summed E-state index contributed by atoms with van der Waals surface area (Å²) in [6.07, 6.45) is 2.11. The molecule has 1 heterocycles. The molecular weight excluding hydrogens is 436 g/mol. The average molecular weight is 466 g/mol. The lowest BCUT2D eigenvalue weighted by atomic mass is 9.90. The van der Waals surface area contributed by atoms with Gasteiger partial charge in [-0.3, -0.25) is 4.90 Å². The minimum atomic E-state index is -1.30. The summed E-state index contributed by atoms with van der Waals surface area (Å²) in [7, 11) is 0. The molecule has 4 nitrogen and oxygen atoms in total. The highest BCUT2D eigenvalue weighted by Crippen LogP contribution is 2.31. The summed E-state index contributed by atoms with van der Waals surface area (Å²) in [5.74, 6) is -1.83. The molecular formula is C28H29F2NO3. The topological polar surface area (TPSA) is 49.8 Å². The van der Waals surface area contributed by atoms with Crippen LogP contribution in [0.3, 0.4) is 0 Å². The number of halogens is 2. The van der Waals surface area contributed by atoms with Gasteiger partial charge in [0.25, 0.3) is 0 Å². The fourth-order valence-electron chi connectivity index (χ4n) is 4.42. The van der Waals surface area contributed by atoms with Crippen LogP contribution in [0.15, 0.2) is 66.7 Å². The predicted molar refractivity (Wildman–Crippen MR) is 128 cm³/mol. The molecule has 1 fully saturated rings. The van der Waals surface area contributed by atoms with E-state index in [1.54, 1.807) is 26.0 Å². The maximum atomic E-state index is 13.7. The van der Waals surface area contributed by atoms with E-state index < -0.39 is 23.2 Å². The molecule has 3 aromatic rings. The Morgan fingerprint density at radius 2 is 1.79 bits per heavy atom. The first-order valence-corrected chi connectivity index (χ1v) is 11.5. The Balaban J connectivity index is 1.45. The van der Waals surface area contributed by atoms with Crippen LogP contribution in [0.4, 0.5) is 8.78 Å². The van der Waals surface area contributed by atoms with E-state index in [1.807, 2.05) is 30.3 Å². The van der Waals surface area contributed by atoms with Crippen LogP contribution in [-0.4, -0.2) is 34.7 Å². The molecule has 3 aromatic carbocycles. The van der Waals surface area contributed by atoms with E-state index in [-0.39, 0.29) is 0 Å². The number of aliphatic carboxylic acids is 1. The van der Waals surface area contributed by atoms with E-state index in [0.717, 1.165) is 55.2 Å². The number of ether oxygens (including phenoxy) is 1. The molecule has 0 radical (unpaired) electrons. The molecule has 0 aliphatic carbocycles. The standard InChI is InChI=1S/C28H29F2NO3/c1-28(2,27(32)33)34-24-10-4-8-21(15-24)23-9-5-13-31(18-23)17-19-6-3-7-20(14-19)22-11-12-25(29)26(30)16-22/h3-4,6-8,10-12,14-16,23H,5,9,13,17-18H2,1-2H3,(H,32,33). The van der Waals surface area contributed by atoms with Gasteiger partial charge < -0.3 is 9.84 Å². The van der Waals surface area contributed by atoms with Gasteiger partial charge in [-0.05, 0) is 91.7 Å². The van der Waals surface area contributed by atoms with Crippen molar-refractivity contribution in [2.24, 2.45) is 0 Å². The first-order valence-electron chi connectivity index (χ1n) is 11.5. The lowest BCUT2D eigenvalue weighted by Crippen LogP contribution is -2.38. The normalized spacial score (nSPS) is 16.9. The van der Waals surface area contributed by atoms with Gasteiger partial charge in [-0.2, -0.15) is 0 Å². The third-order valence-corrected chi connectivity index (χ3v) is 6.31. The first kappa shape index (κ1) is 23.9. The molecule has 6 heteroatoms. The van der Waals surface area contributed by atoms with E-state index in [2.05, 4.69) is 17.0 Å². The van der Waals surface area contributed by atoms with Crippen LogP contribution < -0.4 is 4.74 Å². The number of likely N-dealkylation sites (tertiary alicyclic amines) is 1. The fourth-order valence-corrected chi connectivity index (χ4v) is 4.42. The van der Waals surface area contributed by atoms with E-state index in [0.29, 0.717) is 17.2 Å². The van der Waals surface area contributed by atoms with Crippen LogP contribution in [-0.2, 0) is 11.3 Å². The van der Waals surface area contributed by atoms with Gasteiger partial charge in [0.15, 0.2) is 17.2 Å². The fraction of sp³-hybridized carbons (Fsp3) is 0.321. The molecule has 34 heavy (non-hydrogen) atoms. The maximum absolute atomic E-state index is 13.7. The quantitative estimate of drug-likeness (QED) is 0.448. The van der Waals surface area contributed by atoms with Crippen molar-refractivity contribution in [3.8, 4) is 16.9 Å². The summed E-state index contributed by atoms with van der Waals surface area (Å²) in [6, 6.07) is 19.6. The lowest BCUT2D eigenvalue weighted by molar-refractivity contribution is -0.152. The molecule has 0 spiro atoms. The summed E-state index contributed by atoms with van der Waals surface area (Å²) in [6.45, 7) is 5.70. The SMILES string of the molecule is CC(C)(Oc1cccc(C2CCCN(Cc3cccc(-c4ccc(F)c(F)c4)c3)C2)c1)C(=O)O. The lowest BCUT2D eigenvalue weighted by Gasteiger charge is -2.33. The number of nitrogens with zero attached hydrogens (tertiary/aromatic N) is 1. The first-order chi connectivity index (χ1) is 16.2. The molecule has 0 aromatic heterocycles. The number of hydrogen-bond donors (Lipinski definition) is 1. The van der Waals surface area contributed by atoms with Crippen LogP contribution in [0, 0.1) is 11.6 Å². The van der Waals surface area contributed by atoms with Crippen molar-refractivity contribution in [3.63, 3.8) is 0 Å². The Morgan fingerprint density at radius 3 is 2.56 bits per heavy atom. The largest absolute Gasteiger partial charge is 0.478 e. The van der Waals surface area contributed by atoms with E-state index in [9.17, 15) is 18.7 Å². The van der Waals surface area contributed by atoms with Gasteiger partial charge >= 0.3 is 5.97 Å². The molecule has 4 rings (SSSR count). The summed E-state index contributed by atoms with van der Waals surface area (Å²) in [4.78, 5) is 13.8. The number of carbonyl (C=O) groups is 1. The van der Waals surface area contributed by atoms with Gasteiger partial charge in [-0.25, -0.2) is 13.6 Å². The van der Waals surface area contributed by atoms with Gasteiger partial charge in [0.05, 0.1) is 0 Å². The summed E-state index contributed by atoms with van der Waals surface area (Å²) >= 11 is 0. The van der Waals surface area contributed by atoms with Crippen LogP contribution in [0.5, 0.6) is 5.75 Å². The number of piperidine rings is 1. The van der Waals surface area contributed by atoms with E-state index in [1.165, 1.54) is 6.07 Å². The number of carboxylic acid groups (broad SMARTS) is 1. The molecule has 1 aliphatic heterocycles. The Morgan fingerprint density at radius 1 is 1.03 bits per heavy atom. The van der Waals surface area contributed by atoms with Gasteiger partial charge in [0.1, 0.15) is 5.75 Å². The minimum Gasteiger partial charge on any atom is -0.478 e. The highest BCUT2D eigenvalue weighted by Gasteiger charge is 2.30. The smallest absolute Gasteiger partial charge is 0.347 e. The van der Waals surface area contributed by atoms with Gasteiger partial charge in [0.2, 0.25) is 0 Å². The third-order valence-electron chi connectivity index (χ3n) is 6.31. The van der Waals surface area contributed by atoms with Crippen molar-refractivity contribution in [1.29, 1.82) is 0 Å². The summed E-state index contributed by atoms with van der Waals surface area (Å²) < 4.78 is 32.7. The van der Waals surface area contributed by atoms with Gasteiger partial charge in [-0.1, -0.05) is 36.4 Å². The third kappa shape index (κ3) is 5.62. The van der Waals surface area contributed by atoms with Gasteiger partial charge in [0, 0.05) is 13.1 Å². The average Bonchev–Trinajstić information content (AvgIpc) is 2.81. The molecule has 0 amide bonds. The zero-order chi connectivity index (χ0) is 24.3. The van der Waals surface area contributed by atoms with Crippen LogP contribution in [0.1, 0.15) is 43.7 Å². The summed E-state index contributed by atoms with van der Waals surface area (Å²) in [5.41, 5.74) is 2.46. The summed E-state index contributed by atoms with van der Waals surface area (Å²) in [5, 5.41) is 9.35. The molecule has 1 N–H and O–H groups in total. The molecule has 0 bridgehead atoms. The molecule has 1 unspecified atom stereocenters. The number of hydrogen-bond acceptors (Lipinski definition) is 3. The number of benzene rings is 3. The number of carboxylic acids is 1. The Labute approximate surface area is 198 Å². The van der Waals surface area contributed by atoms with Crippen LogP contribution in [0.25, 0.3) is 11.1 Å². The second-order valence-corrected chi connectivity index (χ2v) is 9.39. The number of rotatable bonds is 7. The second-order valence-electron chi connectivity index (χ2n) is 9.39. The Kier molecular flexibility index (Phi) is 6.98. The van der Waals surface area contributed by atoms with Crippen molar-refractivity contribution >= 4 is 5.97 Å². The van der Waals surface area contributed by atoms with E-state index >= 15 is 0 Å². The Bertz CT molecular complexity index is 1180. The molecule has 0 saturated carbocycles. The second kappa shape index (κ2) is 9.94. The van der Waals surface area contributed by atoms with Crippen LogP contribution in [0.2, 0.25) is 0 Å².